The molecule has 0 spiro atoms. The Labute approximate surface area is 157 Å². The number of aromatic nitrogens is 4. The monoisotopic (exact) mass is 366 g/mol. The van der Waals surface area contributed by atoms with Crippen LogP contribution in [-0.2, 0) is 16.0 Å². The molecule has 1 saturated heterocycles. The van der Waals surface area contributed by atoms with Crippen molar-refractivity contribution in [1.29, 1.82) is 0 Å². The molecule has 4 heterocycles. The van der Waals surface area contributed by atoms with Gasteiger partial charge in [0.2, 0.25) is 11.8 Å². The Morgan fingerprint density at radius 1 is 1.26 bits per heavy atom. The fourth-order valence-corrected chi connectivity index (χ4v) is 3.61. The van der Waals surface area contributed by atoms with Crippen molar-refractivity contribution in [3.8, 4) is 0 Å². The molecule has 1 unspecified atom stereocenters. The first-order chi connectivity index (χ1) is 13.2. The van der Waals surface area contributed by atoms with Gasteiger partial charge >= 0.3 is 0 Å². The van der Waals surface area contributed by atoms with Crippen LogP contribution in [0.5, 0.6) is 0 Å². The molecular formula is C19H22N6O2. The maximum absolute atomic E-state index is 12.6. The van der Waals surface area contributed by atoms with Gasteiger partial charge in [0.15, 0.2) is 0 Å². The van der Waals surface area contributed by atoms with Crippen molar-refractivity contribution in [2.24, 2.45) is 0 Å². The number of rotatable bonds is 3. The number of hydrogen-bond acceptors (Lipinski definition) is 5. The summed E-state index contributed by atoms with van der Waals surface area (Å²) in [5, 5.41) is 10.7. The summed E-state index contributed by atoms with van der Waals surface area (Å²) in [6.45, 7) is 1.46. The summed E-state index contributed by atoms with van der Waals surface area (Å²) >= 11 is 0. The number of nitrogens with one attached hydrogen (secondary N) is 1. The molecule has 4 rings (SSSR count). The van der Waals surface area contributed by atoms with Gasteiger partial charge in [0.25, 0.3) is 0 Å². The van der Waals surface area contributed by atoms with Gasteiger partial charge < -0.3 is 10.2 Å². The predicted molar refractivity (Wildman–Crippen MR) is 99.7 cm³/mol. The van der Waals surface area contributed by atoms with Crippen LogP contribution in [0.4, 0.5) is 5.82 Å². The number of fused-ring (bicyclic) bond motifs is 1. The minimum absolute atomic E-state index is 0.00108. The molecule has 27 heavy (non-hydrogen) atoms. The van der Waals surface area contributed by atoms with E-state index in [0.717, 1.165) is 36.9 Å². The number of nitrogens with zero attached hydrogens (tertiary/aromatic N) is 5. The largest absolute Gasteiger partial charge is 0.339 e. The molecule has 1 N–H and O–H groups in total. The Morgan fingerprint density at radius 2 is 2.19 bits per heavy atom. The molecule has 0 aromatic carbocycles. The molecular weight excluding hydrogens is 344 g/mol. The summed E-state index contributed by atoms with van der Waals surface area (Å²) in [6.07, 6.45) is 12.6. The number of carbonyl (C=O) groups is 2. The molecule has 0 radical (unpaired) electrons. The summed E-state index contributed by atoms with van der Waals surface area (Å²) in [5.74, 6) is 0.639. The summed E-state index contributed by atoms with van der Waals surface area (Å²) in [7, 11) is 0. The van der Waals surface area contributed by atoms with E-state index < -0.39 is 0 Å². The quantitative estimate of drug-likeness (QED) is 0.837. The average Bonchev–Trinajstić information content (AvgIpc) is 3.10. The third-order valence-corrected chi connectivity index (χ3v) is 5.11. The Bertz CT molecular complexity index is 861. The predicted octanol–water partition coefficient (Wildman–Crippen LogP) is 1.82. The first-order valence-electron chi connectivity index (χ1n) is 9.30. The van der Waals surface area contributed by atoms with Gasteiger partial charge in [0.05, 0.1) is 12.2 Å². The van der Waals surface area contributed by atoms with E-state index in [2.05, 4.69) is 20.6 Å². The molecule has 0 saturated carbocycles. The molecule has 1 atom stereocenters. The van der Waals surface area contributed by atoms with Crippen molar-refractivity contribution in [3.05, 3.63) is 41.9 Å². The lowest BCUT2D eigenvalue weighted by atomic mass is 10.0. The van der Waals surface area contributed by atoms with Crippen molar-refractivity contribution in [2.75, 3.05) is 18.4 Å². The lowest BCUT2D eigenvalue weighted by Gasteiger charge is -2.19. The molecule has 8 nitrogen and oxygen atoms in total. The number of amides is 2. The number of carbonyl (C=O) groups excluding carboxylic acids is 2. The fourth-order valence-electron chi connectivity index (χ4n) is 3.61. The maximum atomic E-state index is 12.6. The number of anilines is 1. The summed E-state index contributed by atoms with van der Waals surface area (Å²) < 4.78 is 1.89. The van der Waals surface area contributed by atoms with E-state index in [1.54, 1.807) is 24.5 Å². The Balaban J connectivity index is 1.38. The van der Waals surface area contributed by atoms with E-state index in [1.165, 1.54) is 0 Å². The molecule has 1 fully saturated rings. The Kier molecular flexibility index (Phi) is 4.95. The zero-order chi connectivity index (χ0) is 18.6. The van der Waals surface area contributed by atoms with Crippen LogP contribution in [0.1, 0.15) is 42.9 Å². The molecule has 2 amide bonds. The SMILES string of the molecule is O=C1CCc2cc(C=CC(=O)N3CCCC(n4ccnn4)CC3)cnc2N1. The van der Waals surface area contributed by atoms with Crippen LogP contribution in [0.15, 0.2) is 30.7 Å². The van der Waals surface area contributed by atoms with Gasteiger partial charge in [0.1, 0.15) is 5.82 Å². The second-order valence-electron chi connectivity index (χ2n) is 6.95. The molecule has 0 bridgehead atoms. The minimum atomic E-state index is -0.00108. The van der Waals surface area contributed by atoms with Crippen LogP contribution >= 0.6 is 0 Å². The molecule has 2 aliphatic rings. The summed E-state index contributed by atoms with van der Waals surface area (Å²) in [6, 6.07) is 2.28. The van der Waals surface area contributed by atoms with Gasteiger partial charge in [-0.05, 0) is 49.0 Å². The number of hydrogen-bond donors (Lipinski definition) is 1. The van der Waals surface area contributed by atoms with E-state index in [1.807, 2.05) is 21.8 Å². The average molecular weight is 366 g/mol. The normalized spacial score (nSPS) is 20.2. The van der Waals surface area contributed by atoms with Crippen LogP contribution in [-0.4, -0.2) is 49.8 Å². The third kappa shape index (κ3) is 4.05. The van der Waals surface area contributed by atoms with Crippen molar-refractivity contribution in [2.45, 2.75) is 38.1 Å². The van der Waals surface area contributed by atoms with E-state index in [-0.39, 0.29) is 11.8 Å². The van der Waals surface area contributed by atoms with Gasteiger partial charge in [-0.1, -0.05) is 5.21 Å². The minimum Gasteiger partial charge on any atom is -0.339 e. The van der Waals surface area contributed by atoms with Crippen LogP contribution in [0, 0.1) is 0 Å². The van der Waals surface area contributed by atoms with Gasteiger partial charge in [-0.2, -0.15) is 0 Å². The highest BCUT2D eigenvalue weighted by atomic mass is 16.2. The highest BCUT2D eigenvalue weighted by molar-refractivity contribution is 5.93. The second kappa shape index (κ2) is 7.69. The smallest absolute Gasteiger partial charge is 0.246 e. The van der Waals surface area contributed by atoms with E-state index in [0.29, 0.717) is 31.2 Å². The lowest BCUT2D eigenvalue weighted by Crippen LogP contribution is -2.30. The van der Waals surface area contributed by atoms with E-state index >= 15 is 0 Å². The zero-order valence-corrected chi connectivity index (χ0v) is 15.0. The molecule has 140 valence electrons. The Hall–Kier alpha value is -3.03. The maximum Gasteiger partial charge on any atom is 0.246 e. The molecule has 0 aliphatic carbocycles. The first kappa shape index (κ1) is 17.4. The second-order valence-corrected chi connectivity index (χ2v) is 6.95. The molecule has 2 aromatic heterocycles. The van der Waals surface area contributed by atoms with Gasteiger partial charge in [-0.15, -0.1) is 5.10 Å². The van der Waals surface area contributed by atoms with Crippen LogP contribution < -0.4 is 5.32 Å². The van der Waals surface area contributed by atoms with Gasteiger partial charge in [-0.3, -0.25) is 9.59 Å². The topological polar surface area (TPSA) is 93.0 Å². The van der Waals surface area contributed by atoms with E-state index in [4.69, 9.17) is 0 Å². The van der Waals surface area contributed by atoms with Gasteiger partial charge in [0, 0.05) is 38.0 Å². The summed E-state index contributed by atoms with van der Waals surface area (Å²) in [4.78, 5) is 30.2. The van der Waals surface area contributed by atoms with Crippen LogP contribution in [0.2, 0.25) is 0 Å². The van der Waals surface area contributed by atoms with Crippen molar-refractivity contribution >= 4 is 23.7 Å². The lowest BCUT2D eigenvalue weighted by molar-refractivity contribution is -0.126. The van der Waals surface area contributed by atoms with Crippen LogP contribution in [0.25, 0.3) is 6.08 Å². The Morgan fingerprint density at radius 3 is 3.04 bits per heavy atom. The van der Waals surface area contributed by atoms with Crippen LogP contribution in [0.3, 0.4) is 0 Å². The van der Waals surface area contributed by atoms with Crippen molar-refractivity contribution in [1.82, 2.24) is 24.9 Å². The first-order valence-corrected chi connectivity index (χ1v) is 9.30. The molecule has 2 aromatic rings. The third-order valence-electron chi connectivity index (χ3n) is 5.11. The highest BCUT2D eigenvalue weighted by Gasteiger charge is 2.21. The molecule has 2 aliphatic heterocycles. The number of likely N-dealkylation sites (tertiary alicyclic amines) is 1. The summed E-state index contributed by atoms with van der Waals surface area (Å²) in [5.41, 5.74) is 1.88. The van der Waals surface area contributed by atoms with Crippen molar-refractivity contribution < 1.29 is 9.59 Å². The van der Waals surface area contributed by atoms with Crippen molar-refractivity contribution in [3.63, 3.8) is 0 Å². The number of pyridine rings is 1. The molecule has 8 heteroatoms. The fraction of sp³-hybridized carbons (Fsp3) is 0.421. The van der Waals surface area contributed by atoms with Gasteiger partial charge in [-0.25, -0.2) is 9.67 Å². The standard InChI is InChI=1S/C19H22N6O2/c26-17-5-4-15-12-14(13-20-19(15)22-17)3-6-18(27)24-9-1-2-16(7-10-24)25-11-8-21-23-25/h3,6,8,11-13,16H,1-2,4-5,7,9-10H2,(H,20,22,26). The van der Waals surface area contributed by atoms with E-state index in [9.17, 15) is 9.59 Å². The highest BCUT2D eigenvalue weighted by Crippen LogP contribution is 2.23. The number of aryl methyl sites for hydroxylation is 1. The zero-order valence-electron chi connectivity index (χ0n) is 15.0.